The van der Waals surface area contributed by atoms with E-state index in [1.54, 1.807) is 53.3 Å². The molecule has 0 saturated carbocycles. The number of hydrogen-bond acceptors (Lipinski definition) is 8. The molecule has 50 heavy (non-hydrogen) atoms. The zero-order valence-electron chi connectivity index (χ0n) is 26.9. The van der Waals surface area contributed by atoms with Crippen molar-refractivity contribution in [2.75, 3.05) is 55.3 Å². The zero-order valence-corrected chi connectivity index (χ0v) is 26.9. The minimum atomic E-state index is -0.958. The number of hydrogen-bond donors (Lipinski definition) is 3. The van der Waals surface area contributed by atoms with Crippen molar-refractivity contribution in [3.63, 3.8) is 0 Å². The molecule has 4 heterocycles. The van der Waals surface area contributed by atoms with Crippen LogP contribution in [0.2, 0.25) is 0 Å². The highest BCUT2D eigenvalue weighted by molar-refractivity contribution is 6.05. The molecule has 1 fully saturated rings. The van der Waals surface area contributed by atoms with E-state index in [1.807, 2.05) is 24.3 Å². The van der Waals surface area contributed by atoms with Crippen molar-refractivity contribution < 1.29 is 22.7 Å². The number of fused-ring (bicyclic) bond motifs is 1. The van der Waals surface area contributed by atoms with Crippen molar-refractivity contribution in [3.05, 3.63) is 120 Å². The van der Waals surface area contributed by atoms with Crippen molar-refractivity contribution in [2.24, 2.45) is 0 Å². The molecule has 0 radical (unpaired) electrons. The Morgan fingerprint density at radius 3 is 2.50 bits per heavy atom. The van der Waals surface area contributed by atoms with Gasteiger partial charge in [-0.15, -0.1) is 0 Å². The summed E-state index contributed by atoms with van der Waals surface area (Å²) in [6.07, 6.45) is 4.29. The molecular weight excluding hydrogens is 645 g/mol. The van der Waals surface area contributed by atoms with E-state index < -0.39 is 28.9 Å². The molecule has 7 rings (SSSR count). The number of benzene rings is 3. The highest BCUT2D eigenvalue weighted by atomic mass is 19.1. The molecule has 13 heteroatoms. The molecule has 10 nitrogen and oxygen atoms in total. The molecule has 3 N–H and O–H groups in total. The van der Waals surface area contributed by atoms with Crippen LogP contribution >= 0.6 is 0 Å². The minimum absolute atomic E-state index is 0.252. The molecule has 6 aromatic rings. The SMILES string of the molecule is O=C(Nc1cccc(-c2nn3ccccc3c2-c2ccnc(Nc3ccc(NCCCN4CCOCC4)c(F)c3)n2)c1)c1c(F)cccc1F. The zero-order chi connectivity index (χ0) is 34.5. The monoisotopic (exact) mass is 678 g/mol. The normalized spacial score (nSPS) is 13.3. The molecule has 0 bridgehead atoms. The van der Waals surface area contributed by atoms with Crippen LogP contribution in [0, 0.1) is 17.5 Å². The largest absolute Gasteiger partial charge is 0.383 e. The first-order valence-electron chi connectivity index (χ1n) is 16.2. The first-order valence-corrected chi connectivity index (χ1v) is 16.2. The molecule has 1 aliphatic heterocycles. The van der Waals surface area contributed by atoms with Gasteiger partial charge in [0.1, 0.15) is 28.7 Å². The van der Waals surface area contributed by atoms with Gasteiger partial charge in [-0.25, -0.2) is 27.7 Å². The van der Waals surface area contributed by atoms with Gasteiger partial charge in [-0.3, -0.25) is 9.69 Å². The quantitative estimate of drug-likeness (QED) is 0.126. The summed E-state index contributed by atoms with van der Waals surface area (Å²) in [5, 5.41) is 13.7. The third kappa shape index (κ3) is 7.28. The van der Waals surface area contributed by atoms with E-state index in [0.717, 1.165) is 56.9 Å². The van der Waals surface area contributed by atoms with Gasteiger partial charge in [0.2, 0.25) is 5.95 Å². The Morgan fingerprint density at radius 1 is 0.860 bits per heavy atom. The minimum Gasteiger partial charge on any atom is -0.383 e. The molecular formula is C37H33F3N8O2. The Hall–Kier alpha value is -5.79. The van der Waals surface area contributed by atoms with Crippen molar-refractivity contribution in [1.82, 2.24) is 24.5 Å². The number of nitrogens with zero attached hydrogens (tertiary/aromatic N) is 5. The number of ether oxygens (including phenoxy) is 1. The number of rotatable bonds is 11. The predicted molar refractivity (Wildman–Crippen MR) is 186 cm³/mol. The Kier molecular flexibility index (Phi) is 9.67. The van der Waals surface area contributed by atoms with E-state index >= 15 is 4.39 Å². The third-order valence-corrected chi connectivity index (χ3v) is 8.33. The Labute approximate surface area is 286 Å². The Balaban J connectivity index is 1.10. The predicted octanol–water partition coefficient (Wildman–Crippen LogP) is 7.01. The van der Waals surface area contributed by atoms with Crippen LogP contribution in [0.3, 0.4) is 0 Å². The van der Waals surface area contributed by atoms with Crippen LogP contribution in [0.1, 0.15) is 16.8 Å². The fourth-order valence-corrected chi connectivity index (χ4v) is 5.88. The first-order chi connectivity index (χ1) is 24.4. The molecule has 0 atom stereocenters. The summed E-state index contributed by atoms with van der Waals surface area (Å²) in [6, 6.07) is 22.3. The molecule has 0 aliphatic carbocycles. The van der Waals surface area contributed by atoms with Gasteiger partial charge in [0.05, 0.1) is 35.7 Å². The molecule has 1 saturated heterocycles. The number of morpholine rings is 1. The molecule has 0 spiro atoms. The standard InChI is InChI=1S/C37H33F3N8O2/c38-27-8-4-9-28(39)33(27)36(49)43-25-7-3-6-24(22-25)35-34(32-10-1-2-17-48(32)46-35)31-13-15-42-37(45-31)44-26-11-12-30(29(40)23-26)41-14-5-16-47-18-20-50-21-19-47/h1-4,6-13,15,17,22-23,41H,5,14,16,18-21H2,(H,43,49)(H,42,44,45). The van der Waals surface area contributed by atoms with Gasteiger partial charge in [-0.1, -0.05) is 24.3 Å². The molecule has 254 valence electrons. The van der Waals surface area contributed by atoms with Crippen molar-refractivity contribution >= 4 is 34.4 Å². The van der Waals surface area contributed by atoms with Gasteiger partial charge in [-0.2, -0.15) is 5.10 Å². The number of carbonyl (C=O) groups is 1. The Bertz CT molecular complexity index is 2130. The maximum absolute atomic E-state index is 15.1. The molecule has 1 aliphatic rings. The highest BCUT2D eigenvalue weighted by Gasteiger charge is 2.21. The average molecular weight is 679 g/mol. The van der Waals surface area contributed by atoms with E-state index in [4.69, 9.17) is 14.8 Å². The van der Waals surface area contributed by atoms with Crippen LogP contribution < -0.4 is 16.0 Å². The van der Waals surface area contributed by atoms with Gasteiger partial charge < -0.3 is 20.7 Å². The number of pyridine rings is 1. The Morgan fingerprint density at radius 2 is 1.68 bits per heavy atom. The topological polar surface area (TPSA) is 109 Å². The lowest BCUT2D eigenvalue weighted by Crippen LogP contribution is -2.37. The maximum Gasteiger partial charge on any atom is 0.261 e. The number of aromatic nitrogens is 4. The van der Waals surface area contributed by atoms with Crippen LogP contribution in [-0.4, -0.2) is 69.8 Å². The van der Waals surface area contributed by atoms with E-state index in [-0.39, 0.29) is 5.95 Å². The second-order valence-corrected chi connectivity index (χ2v) is 11.7. The van der Waals surface area contributed by atoms with Crippen molar-refractivity contribution in [3.8, 4) is 22.5 Å². The summed E-state index contributed by atoms with van der Waals surface area (Å²) >= 11 is 0. The second-order valence-electron chi connectivity index (χ2n) is 11.7. The van der Waals surface area contributed by atoms with Crippen LogP contribution in [0.25, 0.3) is 28.0 Å². The van der Waals surface area contributed by atoms with E-state index in [1.165, 1.54) is 12.1 Å². The third-order valence-electron chi connectivity index (χ3n) is 8.33. The van der Waals surface area contributed by atoms with E-state index in [2.05, 4.69) is 25.8 Å². The fraction of sp³-hybridized carbons (Fsp3) is 0.189. The molecule has 0 unspecified atom stereocenters. The maximum atomic E-state index is 15.1. The van der Waals surface area contributed by atoms with Crippen molar-refractivity contribution in [2.45, 2.75) is 6.42 Å². The van der Waals surface area contributed by atoms with Gasteiger partial charge in [0, 0.05) is 49.0 Å². The number of halogens is 3. The summed E-state index contributed by atoms with van der Waals surface area (Å²) in [7, 11) is 0. The summed E-state index contributed by atoms with van der Waals surface area (Å²) < 4.78 is 50.7. The summed E-state index contributed by atoms with van der Waals surface area (Å²) in [5.74, 6) is -2.97. The summed E-state index contributed by atoms with van der Waals surface area (Å²) in [6.45, 7) is 4.92. The smallest absolute Gasteiger partial charge is 0.261 e. The van der Waals surface area contributed by atoms with Gasteiger partial charge in [-0.05, 0) is 73.6 Å². The number of amides is 1. The lowest BCUT2D eigenvalue weighted by molar-refractivity contribution is 0.0378. The van der Waals surface area contributed by atoms with Crippen molar-refractivity contribution in [1.29, 1.82) is 0 Å². The number of nitrogens with one attached hydrogen (secondary N) is 3. The van der Waals surface area contributed by atoms with Gasteiger partial charge in [0.25, 0.3) is 5.91 Å². The lowest BCUT2D eigenvalue weighted by atomic mass is 10.0. The van der Waals surface area contributed by atoms with Crippen LogP contribution in [0.5, 0.6) is 0 Å². The van der Waals surface area contributed by atoms with E-state index in [0.29, 0.717) is 46.1 Å². The van der Waals surface area contributed by atoms with Crippen LogP contribution in [0.15, 0.2) is 97.3 Å². The number of anilines is 4. The van der Waals surface area contributed by atoms with Gasteiger partial charge >= 0.3 is 0 Å². The van der Waals surface area contributed by atoms with E-state index in [9.17, 15) is 13.6 Å². The molecule has 1 amide bonds. The molecule has 3 aromatic heterocycles. The summed E-state index contributed by atoms with van der Waals surface area (Å²) in [5.41, 5.74) is 3.70. The van der Waals surface area contributed by atoms with Gasteiger partial charge in [0.15, 0.2) is 0 Å². The summed E-state index contributed by atoms with van der Waals surface area (Å²) in [4.78, 5) is 24.3. The average Bonchev–Trinajstić information content (AvgIpc) is 3.51. The lowest BCUT2D eigenvalue weighted by Gasteiger charge is -2.26. The second kappa shape index (κ2) is 14.8. The number of carbonyl (C=O) groups excluding carboxylic acids is 1. The fourth-order valence-electron chi connectivity index (χ4n) is 5.88. The highest BCUT2D eigenvalue weighted by Crippen LogP contribution is 2.35. The van der Waals surface area contributed by atoms with Crippen LogP contribution in [-0.2, 0) is 4.74 Å². The van der Waals surface area contributed by atoms with Crippen LogP contribution in [0.4, 0.5) is 36.2 Å². The first kappa shape index (κ1) is 32.7. The molecule has 3 aromatic carbocycles.